The third-order valence-corrected chi connectivity index (χ3v) is 5.60. The molecule has 152 valence electrons. The topological polar surface area (TPSA) is 45.1 Å². The fourth-order valence-corrected chi connectivity index (χ4v) is 4.07. The molecule has 2 aromatic carbocycles. The number of hydrogen-bond acceptors (Lipinski definition) is 3. The number of halogens is 3. The Morgan fingerprint density at radius 2 is 1.87 bits per heavy atom. The molecule has 3 aromatic rings. The standard InChI is InChI=1S/C24H19Cl2FN2O/c25-16-8-11-19(21(26)13-16)23(29-22-12-9-17(27)14-28-22)20-10-7-15-5-3-1-2-4-6-18(15)24(20)30/h1-3,5,7-14,23,30H,4,6H2,(H,28,29)/b2-1-,5-3-. The number of pyridine rings is 1. The number of aromatic hydroxyl groups is 1. The van der Waals surface area contributed by atoms with Crippen LogP contribution in [0.25, 0.3) is 6.08 Å². The summed E-state index contributed by atoms with van der Waals surface area (Å²) in [7, 11) is 0. The maximum absolute atomic E-state index is 13.3. The van der Waals surface area contributed by atoms with Crippen molar-refractivity contribution in [1.82, 2.24) is 4.98 Å². The largest absolute Gasteiger partial charge is 0.507 e. The van der Waals surface area contributed by atoms with Crippen LogP contribution in [0.4, 0.5) is 10.2 Å². The van der Waals surface area contributed by atoms with Gasteiger partial charge in [0.1, 0.15) is 17.4 Å². The van der Waals surface area contributed by atoms with Crippen molar-refractivity contribution in [2.24, 2.45) is 0 Å². The zero-order chi connectivity index (χ0) is 21.1. The van der Waals surface area contributed by atoms with E-state index in [0.29, 0.717) is 27.8 Å². The van der Waals surface area contributed by atoms with Gasteiger partial charge in [-0.2, -0.15) is 0 Å². The molecule has 0 saturated heterocycles. The second kappa shape index (κ2) is 8.90. The second-order valence-corrected chi connectivity index (χ2v) is 7.85. The molecule has 1 aliphatic rings. The van der Waals surface area contributed by atoms with E-state index in [0.717, 1.165) is 29.3 Å². The van der Waals surface area contributed by atoms with Gasteiger partial charge >= 0.3 is 0 Å². The van der Waals surface area contributed by atoms with Gasteiger partial charge < -0.3 is 10.4 Å². The van der Waals surface area contributed by atoms with Gasteiger partial charge in [0.15, 0.2) is 0 Å². The van der Waals surface area contributed by atoms with Crippen molar-refractivity contribution < 1.29 is 9.50 Å². The number of benzene rings is 2. The van der Waals surface area contributed by atoms with Crippen LogP contribution in [0, 0.1) is 5.82 Å². The molecule has 0 aliphatic heterocycles. The minimum Gasteiger partial charge on any atom is -0.507 e. The van der Waals surface area contributed by atoms with Crippen molar-refractivity contribution in [3.8, 4) is 5.75 Å². The molecule has 30 heavy (non-hydrogen) atoms. The summed E-state index contributed by atoms with van der Waals surface area (Å²) in [6, 6.07) is 11.4. The van der Waals surface area contributed by atoms with E-state index in [4.69, 9.17) is 23.2 Å². The lowest BCUT2D eigenvalue weighted by molar-refractivity contribution is 0.459. The van der Waals surface area contributed by atoms with Gasteiger partial charge in [-0.25, -0.2) is 9.37 Å². The Hall–Kier alpha value is -2.82. The monoisotopic (exact) mass is 440 g/mol. The molecule has 2 N–H and O–H groups in total. The summed E-state index contributed by atoms with van der Waals surface area (Å²) in [6.07, 6.45) is 10.7. The average Bonchev–Trinajstić information content (AvgIpc) is 2.70. The van der Waals surface area contributed by atoms with E-state index >= 15 is 0 Å². The lowest BCUT2D eigenvalue weighted by Crippen LogP contribution is -2.15. The molecule has 0 spiro atoms. The Morgan fingerprint density at radius 3 is 2.63 bits per heavy atom. The number of phenols is 1. The molecule has 1 heterocycles. The lowest BCUT2D eigenvalue weighted by Gasteiger charge is -2.24. The van der Waals surface area contributed by atoms with Crippen molar-refractivity contribution in [2.75, 3.05) is 5.32 Å². The van der Waals surface area contributed by atoms with Crippen LogP contribution in [0.1, 0.15) is 34.7 Å². The molecular weight excluding hydrogens is 422 g/mol. The highest BCUT2D eigenvalue weighted by Crippen LogP contribution is 2.39. The number of aromatic nitrogens is 1. The summed E-state index contributed by atoms with van der Waals surface area (Å²) in [5.74, 6) is 0.241. The molecule has 0 fully saturated rings. The van der Waals surface area contributed by atoms with E-state index in [1.807, 2.05) is 36.4 Å². The fourth-order valence-electron chi connectivity index (χ4n) is 3.55. The summed E-state index contributed by atoms with van der Waals surface area (Å²) in [6.45, 7) is 0. The molecule has 1 atom stereocenters. The Kier molecular flexibility index (Phi) is 6.07. The maximum atomic E-state index is 13.3. The number of rotatable bonds is 4. The van der Waals surface area contributed by atoms with Crippen LogP contribution in [0.15, 0.2) is 66.9 Å². The number of allylic oxidation sites excluding steroid dienone is 3. The molecule has 0 saturated carbocycles. The van der Waals surface area contributed by atoms with E-state index < -0.39 is 11.9 Å². The molecule has 0 bridgehead atoms. The van der Waals surface area contributed by atoms with E-state index in [2.05, 4.69) is 16.4 Å². The van der Waals surface area contributed by atoms with Crippen LogP contribution in [0.3, 0.4) is 0 Å². The Morgan fingerprint density at radius 1 is 1.03 bits per heavy atom. The first-order valence-corrected chi connectivity index (χ1v) is 10.3. The first-order chi connectivity index (χ1) is 14.5. The van der Waals surface area contributed by atoms with E-state index in [1.165, 1.54) is 6.07 Å². The van der Waals surface area contributed by atoms with Gasteiger partial charge in [-0.05, 0) is 48.2 Å². The first-order valence-electron chi connectivity index (χ1n) is 9.54. The third kappa shape index (κ3) is 4.35. The van der Waals surface area contributed by atoms with Crippen molar-refractivity contribution in [3.05, 3.63) is 105 Å². The van der Waals surface area contributed by atoms with Crippen LogP contribution in [-0.2, 0) is 6.42 Å². The Balaban J connectivity index is 1.83. The minimum atomic E-state index is -0.511. The SMILES string of the molecule is Oc1c(C(Nc2ccc(F)cn2)c2ccc(Cl)cc2Cl)ccc2c1CC/C=C\C=C/2. The predicted molar refractivity (Wildman–Crippen MR) is 121 cm³/mol. The molecule has 3 nitrogen and oxygen atoms in total. The summed E-state index contributed by atoms with van der Waals surface area (Å²) in [5.41, 5.74) is 3.23. The fraction of sp³-hybridized carbons (Fsp3) is 0.125. The van der Waals surface area contributed by atoms with Crippen LogP contribution in [0.5, 0.6) is 5.75 Å². The highest BCUT2D eigenvalue weighted by molar-refractivity contribution is 6.35. The zero-order valence-corrected chi connectivity index (χ0v) is 17.5. The van der Waals surface area contributed by atoms with E-state index in [1.54, 1.807) is 18.2 Å². The molecule has 1 aliphatic carbocycles. The molecule has 1 unspecified atom stereocenters. The van der Waals surface area contributed by atoms with Gasteiger partial charge in [0.25, 0.3) is 0 Å². The highest BCUT2D eigenvalue weighted by Gasteiger charge is 2.23. The normalized spacial score (nSPS) is 16.1. The quantitative estimate of drug-likeness (QED) is 0.461. The van der Waals surface area contributed by atoms with Crippen LogP contribution in [0.2, 0.25) is 10.0 Å². The number of nitrogens with one attached hydrogen (secondary N) is 1. The van der Waals surface area contributed by atoms with Gasteiger partial charge in [-0.3, -0.25) is 0 Å². The Bertz CT molecular complexity index is 1130. The molecular formula is C24H19Cl2FN2O. The number of phenolic OH excluding ortho intramolecular Hbond substituents is 1. The Labute approximate surface area is 184 Å². The molecule has 4 rings (SSSR count). The third-order valence-electron chi connectivity index (χ3n) is 5.04. The maximum Gasteiger partial charge on any atom is 0.141 e. The predicted octanol–water partition coefficient (Wildman–Crippen LogP) is 6.95. The first kappa shape index (κ1) is 20.5. The van der Waals surface area contributed by atoms with Crippen LogP contribution >= 0.6 is 23.2 Å². The van der Waals surface area contributed by atoms with E-state index in [9.17, 15) is 9.50 Å². The highest BCUT2D eigenvalue weighted by atomic mass is 35.5. The zero-order valence-electron chi connectivity index (χ0n) is 15.9. The van der Waals surface area contributed by atoms with E-state index in [-0.39, 0.29) is 5.75 Å². The van der Waals surface area contributed by atoms with Crippen molar-refractivity contribution in [1.29, 1.82) is 0 Å². The minimum absolute atomic E-state index is 0.207. The van der Waals surface area contributed by atoms with Gasteiger partial charge in [0.2, 0.25) is 0 Å². The average molecular weight is 441 g/mol. The number of nitrogens with zero attached hydrogens (tertiary/aromatic N) is 1. The summed E-state index contributed by atoms with van der Waals surface area (Å²) in [5, 5.41) is 15.5. The summed E-state index contributed by atoms with van der Waals surface area (Å²) in [4.78, 5) is 4.10. The number of anilines is 1. The van der Waals surface area contributed by atoms with Crippen LogP contribution < -0.4 is 5.32 Å². The van der Waals surface area contributed by atoms with Gasteiger partial charge in [-0.15, -0.1) is 0 Å². The lowest BCUT2D eigenvalue weighted by atomic mass is 9.91. The second-order valence-electron chi connectivity index (χ2n) is 7.00. The van der Waals surface area contributed by atoms with Crippen LogP contribution in [-0.4, -0.2) is 10.1 Å². The van der Waals surface area contributed by atoms with Crippen molar-refractivity contribution >= 4 is 35.1 Å². The summed E-state index contributed by atoms with van der Waals surface area (Å²) < 4.78 is 13.3. The van der Waals surface area contributed by atoms with Gasteiger partial charge in [-0.1, -0.05) is 65.7 Å². The summed E-state index contributed by atoms with van der Waals surface area (Å²) >= 11 is 12.6. The smallest absolute Gasteiger partial charge is 0.141 e. The van der Waals surface area contributed by atoms with Crippen molar-refractivity contribution in [2.45, 2.75) is 18.9 Å². The molecule has 1 aromatic heterocycles. The van der Waals surface area contributed by atoms with Crippen molar-refractivity contribution in [3.63, 3.8) is 0 Å². The van der Waals surface area contributed by atoms with Gasteiger partial charge in [0, 0.05) is 21.2 Å². The molecule has 0 amide bonds. The molecule has 0 radical (unpaired) electrons. The number of hydrogen-bond donors (Lipinski definition) is 2. The molecule has 6 heteroatoms. The number of fused-ring (bicyclic) bond motifs is 1. The van der Waals surface area contributed by atoms with Gasteiger partial charge in [0.05, 0.1) is 12.2 Å².